The number of amides is 1. The van der Waals surface area contributed by atoms with Gasteiger partial charge in [0.2, 0.25) is 0 Å². The Labute approximate surface area is 154 Å². The third-order valence-electron chi connectivity index (χ3n) is 4.02. The van der Waals surface area contributed by atoms with Crippen LogP contribution in [0.4, 0.5) is 4.79 Å². The van der Waals surface area contributed by atoms with E-state index in [2.05, 4.69) is 16.2 Å². The Morgan fingerprint density at radius 2 is 1.59 bits per heavy atom. The first-order valence-corrected chi connectivity index (χ1v) is 7.89. The molecular formula is C20H12N4O3. The molecule has 0 atom stereocenters. The van der Waals surface area contributed by atoms with E-state index in [0.29, 0.717) is 17.0 Å². The van der Waals surface area contributed by atoms with Gasteiger partial charge < -0.3 is 0 Å². The van der Waals surface area contributed by atoms with Crippen LogP contribution in [0, 0.1) is 18.3 Å². The van der Waals surface area contributed by atoms with Crippen molar-refractivity contribution in [2.24, 2.45) is 4.99 Å². The number of nitrogens with zero attached hydrogens (tertiary/aromatic N) is 4. The van der Waals surface area contributed by atoms with E-state index in [4.69, 9.17) is 14.9 Å². The Hall–Kier alpha value is -4.14. The molecule has 7 nitrogen and oxygen atoms in total. The summed E-state index contributed by atoms with van der Waals surface area (Å²) in [4.78, 5) is 32.6. The highest BCUT2D eigenvalue weighted by Crippen LogP contribution is 2.32. The van der Waals surface area contributed by atoms with Gasteiger partial charge in [0.25, 0.3) is 0 Å². The SMILES string of the molecule is Cc1nn2c(c1-c1ccccc1)C(c1ccc(C#N)cc1)=NC2=O.O=C=O. The number of carbonyl (C=O) groups is 1. The van der Waals surface area contributed by atoms with E-state index in [0.717, 1.165) is 22.4 Å². The lowest BCUT2D eigenvalue weighted by Crippen LogP contribution is -2.07. The van der Waals surface area contributed by atoms with Crippen LogP contribution in [0.25, 0.3) is 11.1 Å². The predicted octanol–water partition coefficient (Wildman–Crippen LogP) is 2.97. The minimum absolute atomic E-state index is 0.250. The minimum Gasteiger partial charge on any atom is -0.244 e. The molecule has 0 aliphatic carbocycles. The van der Waals surface area contributed by atoms with Gasteiger partial charge in [0.15, 0.2) is 0 Å². The van der Waals surface area contributed by atoms with Crippen molar-refractivity contribution in [3.63, 3.8) is 0 Å². The zero-order chi connectivity index (χ0) is 19.4. The maximum Gasteiger partial charge on any atom is 0.373 e. The van der Waals surface area contributed by atoms with E-state index >= 15 is 0 Å². The molecule has 27 heavy (non-hydrogen) atoms. The first kappa shape index (κ1) is 17.7. The van der Waals surface area contributed by atoms with Crippen molar-refractivity contribution in [3.8, 4) is 17.2 Å². The Bertz CT molecular complexity index is 1110. The summed E-state index contributed by atoms with van der Waals surface area (Å²) < 4.78 is 1.35. The quantitative estimate of drug-likeness (QED) is 0.702. The fourth-order valence-electron chi connectivity index (χ4n) is 2.93. The normalized spacial score (nSPS) is 11.6. The number of rotatable bonds is 2. The molecular weight excluding hydrogens is 344 g/mol. The predicted molar refractivity (Wildman–Crippen MR) is 95.0 cm³/mol. The molecule has 2 heterocycles. The van der Waals surface area contributed by atoms with Crippen LogP contribution in [0.2, 0.25) is 0 Å². The number of hydrogen-bond acceptors (Lipinski definition) is 5. The second kappa shape index (κ2) is 7.40. The third-order valence-corrected chi connectivity index (χ3v) is 4.02. The molecule has 0 saturated heterocycles. The first-order valence-electron chi connectivity index (χ1n) is 7.89. The molecule has 4 rings (SSSR count). The van der Waals surface area contributed by atoms with E-state index in [9.17, 15) is 4.79 Å². The molecule has 2 aromatic carbocycles. The van der Waals surface area contributed by atoms with Gasteiger partial charge in [-0.1, -0.05) is 42.5 Å². The number of nitriles is 1. The molecule has 0 saturated carbocycles. The standard InChI is InChI=1S/C19H12N4O.CO2/c1-12-16(14-5-3-2-4-6-14)18-17(21-19(24)23(18)22-12)15-9-7-13(11-20)8-10-15;2-1-3/h2-10H,1H3;. The molecule has 0 bridgehead atoms. The Morgan fingerprint density at radius 1 is 0.963 bits per heavy atom. The summed E-state index contributed by atoms with van der Waals surface area (Å²) in [6.07, 6.45) is 0.250. The molecule has 1 aliphatic heterocycles. The van der Waals surface area contributed by atoms with Crippen LogP contribution in [-0.2, 0) is 9.59 Å². The van der Waals surface area contributed by atoms with Crippen LogP contribution in [0.3, 0.4) is 0 Å². The summed E-state index contributed by atoms with van der Waals surface area (Å²) in [5.74, 6) is 0. The second-order valence-electron chi connectivity index (χ2n) is 5.60. The van der Waals surface area contributed by atoms with Crippen LogP contribution in [0.1, 0.15) is 22.5 Å². The molecule has 1 amide bonds. The van der Waals surface area contributed by atoms with Crippen molar-refractivity contribution in [2.45, 2.75) is 6.92 Å². The number of hydrogen-bond donors (Lipinski definition) is 0. The van der Waals surface area contributed by atoms with Gasteiger partial charge in [0, 0.05) is 11.1 Å². The Morgan fingerprint density at radius 3 is 2.19 bits per heavy atom. The zero-order valence-corrected chi connectivity index (χ0v) is 14.2. The lowest BCUT2D eigenvalue weighted by atomic mass is 9.97. The smallest absolute Gasteiger partial charge is 0.244 e. The van der Waals surface area contributed by atoms with Crippen LogP contribution < -0.4 is 0 Å². The van der Waals surface area contributed by atoms with E-state index < -0.39 is 6.03 Å². The van der Waals surface area contributed by atoms with Gasteiger partial charge in [-0.3, -0.25) is 0 Å². The molecule has 1 aliphatic rings. The van der Waals surface area contributed by atoms with E-state index in [1.807, 2.05) is 37.3 Å². The van der Waals surface area contributed by atoms with Crippen LogP contribution in [0.5, 0.6) is 0 Å². The van der Waals surface area contributed by atoms with Gasteiger partial charge in [0.05, 0.1) is 17.3 Å². The van der Waals surface area contributed by atoms with Crippen molar-refractivity contribution in [1.29, 1.82) is 5.26 Å². The van der Waals surface area contributed by atoms with Gasteiger partial charge >= 0.3 is 12.2 Å². The molecule has 3 aromatic rings. The van der Waals surface area contributed by atoms with Gasteiger partial charge in [-0.25, -0.2) is 4.79 Å². The molecule has 1 aromatic heterocycles. The van der Waals surface area contributed by atoms with Gasteiger partial charge in [-0.15, -0.1) is 0 Å². The van der Waals surface area contributed by atoms with Gasteiger partial charge in [-0.05, 0) is 24.6 Å². The average Bonchev–Trinajstić information content (AvgIpc) is 3.19. The monoisotopic (exact) mass is 356 g/mol. The van der Waals surface area contributed by atoms with E-state index in [1.165, 1.54) is 4.68 Å². The van der Waals surface area contributed by atoms with E-state index in [-0.39, 0.29) is 6.15 Å². The maximum absolute atomic E-state index is 12.2. The summed E-state index contributed by atoms with van der Waals surface area (Å²) >= 11 is 0. The summed E-state index contributed by atoms with van der Waals surface area (Å²) in [7, 11) is 0. The largest absolute Gasteiger partial charge is 0.373 e. The van der Waals surface area contributed by atoms with Crippen molar-refractivity contribution in [1.82, 2.24) is 9.78 Å². The van der Waals surface area contributed by atoms with Crippen molar-refractivity contribution >= 4 is 17.9 Å². The second-order valence-corrected chi connectivity index (χ2v) is 5.60. The maximum atomic E-state index is 12.2. The van der Waals surface area contributed by atoms with Gasteiger partial charge in [-0.2, -0.15) is 29.6 Å². The van der Waals surface area contributed by atoms with Crippen LogP contribution >= 0.6 is 0 Å². The van der Waals surface area contributed by atoms with E-state index in [1.54, 1.807) is 24.3 Å². The summed E-state index contributed by atoms with van der Waals surface area (Å²) in [6, 6.07) is 18.6. The third kappa shape index (κ3) is 3.21. The average molecular weight is 356 g/mol. The molecule has 7 heteroatoms. The molecule has 0 N–H and O–H groups in total. The lowest BCUT2D eigenvalue weighted by Gasteiger charge is -2.06. The highest BCUT2D eigenvalue weighted by atomic mass is 16.2. The van der Waals surface area contributed by atoms with Gasteiger partial charge in [0.1, 0.15) is 11.4 Å². The topological polar surface area (TPSA) is 105 Å². The molecule has 0 spiro atoms. The molecule has 0 unspecified atom stereocenters. The number of aryl methyl sites for hydroxylation is 1. The molecule has 0 radical (unpaired) electrons. The summed E-state index contributed by atoms with van der Waals surface area (Å²) in [5, 5.41) is 13.3. The highest BCUT2D eigenvalue weighted by Gasteiger charge is 2.30. The number of aliphatic imine (C=N–C) groups is 1. The van der Waals surface area contributed by atoms with Crippen LogP contribution in [0.15, 0.2) is 59.6 Å². The van der Waals surface area contributed by atoms with Crippen LogP contribution in [-0.4, -0.2) is 27.7 Å². The fraction of sp³-hybridized carbons (Fsp3) is 0.0500. The number of aromatic nitrogens is 2. The Balaban J connectivity index is 0.000000659. The first-order chi connectivity index (χ1) is 13.1. The van der Waals surface area contributed by atoms with Crippen molar-refractivity contribution in [3.05, 3.63) is 77.1 Å². The van der Waals surface area contributed by atoms with Crippen molar-refractivity contribution in [2.75, 3.05) is 0 Å². The number of fused-ring (bicyclic) bond motifs is 1. The molecule has 130 valence electrons. The van der Waals surface area contributed by atoms with Crippen molar-refractivity contribution < 1.29 is 14.4 Å². The highest BCUT2D eigenvalue weighted by molar-refractivity contribution is 6.23. The Kier molecular flexibility index (Phi) is 4.84. The summed E-state index contributed by atoms with van der Waals surface area (Å²) in [5.41, 5.74) is 5.33. The number of carbonyl (C=O) groups excluding carboxylic acids is 3. The minimum atomic E-state index is -0.394. The lowest BCUT2D eigenvalue weighted by molar-refractivity contribution is -0.191. The number of benzene rings is 2. The zero-order valence-electron chi connectivity index (χ0n) is 14.2. The summed E-state index contributed by atoms with van der Waals surface area (Å²) in [6.45, 7) is 1.89. The fourth-order valence-corrected chi connectivity index (χ4v) is 2.93. The molecule has 0 fully saturated rings.